The van der Waals surface area contributed by atoms with Gasteiger partial charge in [0.2, 0.25) is 11.8 Å². The van der Waals surface area contributed by atoms with E-state index in [1.165, 1.54) is 16.9 Å². The molecular weight excluding hydrogens is 370 g/mol. The lowest BCUT2D eigenvalue weighted by Crippen LogP contribution is -2.35. The topological polar surface area (TPSA) is 62.3 Å². The molecule has 2 heterocycles. The summed E-state index contributed by atoms with van der Waals surface area (Å²) in [6.07, 6.45) is 2.55. The van der Waals surface area contributed by atoms with E-state index in [-0.39, 0.29) is 24.3 Å². The van der Waals surface area contributed by atoms with Gasteiger partial charge in [-0.05, 0) is 37.5 Å². The lowest BCUT2D eigenvalue weighted by molar-refractivity contribution is -0.119. The number of halogens is 1. The molecule has 0 spiro atoms. The molecule has 1 atom stereocenters. The fraction of sp³-hybridized carbons (Fsp3) is 0.421. The zero-order valence-electron chi connectivity index (χ0n) is 14.9. The first-order chi connectivity index (χ1) is 12.5. The van der Waals surface area contributed by atoms with Crippen LogP contribution in [-0.2, 0) is 16.0 Å². The molecule has 26 heavy (non-hydrogen) atoms. The lowest BCUT2D eigenvalue weighted by Gasteiger charge is -2.22. The number of carbonyl (C=O) groups is 2. The number of benzene rings is 1. The van der Waals surface area contributed by atoms with E-state index in [0.29, 0.717) is 17.4 Å². The maximum atomic E-state index is 12.4. The average molecular weight is 392 g/mol. The first kappa shape index (κ1) is 18.9. The van der Waals surface area contributed by atoms with Crippen molar-refractivity contribution in [2.24, 2.45) is 0 Å². The zero-order chi connectivity index (χ0) is 18.7. The number of rotatable bonds is 6. The largest absolute Gasteiger partial charge is 0.309 e. The Labute approximate surface area is 162 Å². The molecule has 3 rings (SSSR count). The minimum Gasteiger partial charge on any atom is -0.309 e. The lowest BCUT2D eigenvalue weighted by atomic mass is 10.1. The van der Waals surface area contributed by atoms with Crippen molar-refractivity contribution in [1.82, 2.24) is 4.98 Å². The number of nitrogens with one attached hydrogen (secondary N) is 1. The second-order valence-electron chi connectivity index (χ2n) is 6.44. The van der Waals surface area contributed by atoms with Gasteiger partial charge in [-0.25, -0.2) is 4.98 Å². The van der Waals surface area contributed by atoms with E-state index in [4.69, 9.17) is 11.6 Å². The summed E-state index contributed by atoms with van der Waals surface area (Å²) >= 11 is 6.97. The minimum absolute atomic E-state index is 0.131. The van der Waals surface area contributed by atoms with Crippen molar-refractivity contribution >= 4 is 45.6 Å². The summed E-state index contributed by atoms with van der Waals surface area (Å²) in [7, 11) is 0. The SMILES string of the molecule is CCCC(=O)N1c2ccc(-c3csc(NC(=O)CCCl)n3)cc2C[C@@H]1C. The molecule has 7 heteroatoms. The van der Waals surface area contributed by atoms with Gasteiger partial charge in [-0.3, -0.25) is 9.59 Å². The molecule has 2 amide bonds. The predicted octanol–water partition coefficient (Wildman–Crippen LogP) is 4.46. The van der Waals surface area contributed by atoms with Crippen molar-refractivity contribution in [2.45, 2.75) is 45.6 Å². The van der Waals surface area contributed by atoms with Gasteiger partial charge in [0.25, 0.3) is 0 Å². The third kappa shape index (κ3) is 3.91. The van der Waals surface area contributed by atoms with Crippen LogP contribution >= 0.6 is 22.9 Å². The van der Waals surface area contributed by atoms with Crippen molar-refractivity contribution in [3.63, 3.8) is 0 Å². The molecule has 1 aromatic carbocycles. The number of anilines is 2. The van der Waals surface area contributed by atoms with Gasteiger partial charge in [0.15, 0.2) is 5.13 Å². The highest BCUT2D eigenvalue weighted by atomic mass is 35.5. The number of carbonyl (C=O) groups excluding carboxylic acids is 2. The zero-order valence-corrected chi connectivity index (χ0v) is 16.5. The van der Waals surface area contributed by atoms with Crippen LogP contribution in [0.5, 0.6) is 0 Å². The molecule has 1 aliphatic heterocycles. The van der Waals surface area contributed by atoms with E-state index in [1.54, 1.807) is 0 Å². The van der Waals surface area contributed by atoms with Crippen LogP contribution in [0.3, 0.4) is 0 Å². The van der Waals surface area contributed by atoms with Gasteiger partial charge in [-0.15, -0.1) is 22.9 Å². The van der Waals surface area contributed by atoms with Crippen molar-refractivity contribution in [3.8, 4) is 11.3 Å². The number of hydrogen-bond acceptors (Lipinski definition) is 4. The molecule has 0 saturated heterocycles. The van der Waals surface area contributed by atoms with Gasteiger partial charge in [0.05, 0.1) is 5.69 Å². The van der Waals surface area contributed by atoms with Gasteiger partial charge >= 0.3 is 0 Å². The Morgan fingerprint density at radius 1 is 1.38 bits per heavy atom. The van der Waals surface area contributed by atoms with E-state index in [2.05, 4.69) is 23.3 Å². The Bertz CT molecular complexity index is 821. The van der Waals surface area contributed by atoms with Gasteiger partial charge < -0.3 is 10.2 Å². The number of aromatic nitrogens is 1. The molecule has 0 radical (unpaired) electrons. The Kier molecular flexibility index (Phi) is 5.94. The van der Waals surface area contributed by atoms with Gasteiger partial charge in [0.1, 0.15) is 0 Å². The quantitative estimate of drug-likeness (QED) is 0.739. The molecule has 1 aliphatic rings. The second-order valence-corrected chi connectivity index (χ2v) is 7.67. The normalized spacial score (nSPS) is 15.8. The Morgan fingerprint density at radius 3 is 2.92 bits per heavy atom. The van der Waals surface area contributed by atoms with Gasteiger partial charge in [-0.1, -0.05) is 13.0 Å². The fourth-order valence-corrected chi connectivity index (χ4v) is 4.14. The van der Waals surface area contributed by atoms with Crippen molar-refractivity contribution < 1.29 is 9.59 Å². The van der Waals surface area contributed by atoms with E-state index in [9.17, 15) is 9.59 Å². The first-order valence-electron chi connectivity index (χ1n) is 8.80. The highest BCUT2D eigenvalue weighted by Gasteiger charge is 2.30. The Morgan fingerprint density at radius 2 is 2.19 bits per heavy atom. The third-order valence-electron chi connectivity index (χ3n) is 4.40. The highest BCUT2D eigenvalue weighted by molar-refractivity contribution is 7.14. The summed E-state index contributed by atoms with van der Waals surface area (Å²) in [5, 5.41) is 5.26. The first-order valence-corrected chi connectivity index (χ1v) is 10.2. The average Bonchev–Trinajstić information content (AvgIpc) is 3.17. The van der Waals surface area contributed by atoms with E-state index < -0.39 is 0 Å². The number of hydrogen-bond donors (Lipinski definition) is 1. The Balaban J connectivity index is 1.80. The molecule has 0 unspecified atom stereocenters. The highest BCUT2D eigenvalue weighted by Crippen LogP contribution is 2.36. The second kappa shape index (κ2) is 8.18. The van der Waals surface area contributed by atoms with Crippen LogP contribution in [0.4, 0.5) is 10.8 Å². The molecule has 2 aromatic rings. The van der Waals surface area contributed by atoms with Crippen LogP contribution in [0.25, 0.3) is 11.3 Å². The molecule has 0 aliphatic carbocycles. The number of thiazole rings is 1. The summed E-state index contributed by atoms with van der Waals surface area (Å²) in [5.74, 6) is 0.346. The third-order valence-corrected chi connectivity index (χ3v) is 5.34. The number of fused-ring (bicyclic) bond motifs is 1. The van der Waals surface area contributed by atoms with E-state index in [0.717, 1.165) is 29.8 Å². The molecule has 1 N–H and O–H groups in total. The van der Waals surface area contributed by atoms with Crippen LogP contribution in [-0.4, -0.2) is 28.7 Å². The maximum Gasteiger partial charge on any atom is 0.227 e. The summed E-state index contributed by atoms with van der Waals surface area (Å²) in [4.78, 5) is 30.4. The van der Waals surface area contributed by atoms with Crippen molar-refractivity contribution in [3.05, 3.63) is 29.1 Å². The van der Waals surface area contributed by atoms with Crippen LogP contribution in [0.15, 0.2) is 23.6 Å². The predicted molar refractivity (Wildman–Crippen MR) is 107 cm³/mol. The molecule has 1 aromatic heterocycles. The summed E-state index contributed by atoms with van der Waals surface area (Å²) in [5.41, 5.74) is 3.99. The molecular formula is C19H22ClN3O2S. The molecule has 0 bridgehead atoms. The molecule has 5 nitrogen and oxygen atoms in total. The van der Waals surface area contributed by atoms with E-state index in [1.807, 2.05) is 29.3 Å². The van der Waals surface area contributed by atoms with Gasteiger partial charge in [-0.2, -0.15) is 0 Å². The van der Waals surface area contributed by atoms with Crippen molar-refractivity contribution in [1.29, 1.82) is 0 Å². The standard InChI is InChI=1S/C19H22ClN3O2S/c1-3-4-18(25)23-12(2)9-14-10-13(5-6-16(14)23)15-11-26-19(21-15)22-17(24)7-8-20/h5-6,10-12H,3-4,7-9H2,1-2H3,(H,21,22,24)/t12-/m0/s1. The smallest absolute Gasteiger partial charge is 0.227 e. The minimum atomic E-state index is -0.131. The van der Waals surface area contributed by atoms with Crippen LogP contribution in [0, 0.1) is 0 Å². The van der Waals surface area contributed by atoms with Crippen molar-refractivity contribution in [2.75, 3.05) is 16.1 Å². The monoisotopic (exact) mass is 391 g/mol. The number of amides is 2. The molecule has 138 valence electrons. The molecule has 0 saturated carbocycles. The summed E-state index contributed by atoms with van der Waals surface area (Å²) < 4.78 is 0. The number of nitrogens with zero attached hydrogens (tertiary/aromatic N) is 2. The summed E-state index contributed by atoms with van der Waals surface area (Å²) in [6, 6.07) is 6.28. The fourth-order valence-electron chi connectivity index (χ4n) is 3.24. The number of alkyl halides is 1. The van der Waals surface area contributed by atoms with Crippen LogP contribution in [0.2, 0.25) is 0 Å². The van der Waals surface area contributed by atoms with Crippen LogP contribution in [0.1, 0.15) is 38.7 Å². The maximum absolute atomic E-state index is 12.4. The molecule has 0 fully saturated rings. The summed E-state index contributed by atoms with van der Waals surface area (Å²) in [6.45, 7) is 4.11. The van der Waals surface area contributed by atoms with E-state index >= 15 is 0 Å². The van der Waals surface area contributed by atoms with Crippen LogP contribution < -0.4 is 10.2 Å². The van der Waals surface area contributed by atoms with Gasteiger partial charge in [0, 0.05) is 41.4 Å². The Hall–Kier alpha value is -1.92.